The summed E-state index contributed by atoms with van der Waals surface area (Å²) in [6, 6.07) is 10.7. The van der Waals surface area contributed by atoms with Gasteiger partial charge in [0.15, 0.2) is 0 Å². The smallest absolute Gasteiger partial charge is 0.234 e. The van der Waals surface area contributed by atoms with Crippen molar-refractivity contribution in [3.05, 3.63) is 35.9 Å². The molecule has 4 heteroatoms. The lowest BCUT2D eigenvalue weighted by molar-refractivity contribution is -0.122. The zero-order valence-electron chi connectivity index (χ0n) is 11.6. The van der Waals surface area contributed by atoms with Gasteiger partial charge in [0.1, 0.15) is 0 Å². The van der Waals surface area contributed by atoms with Crippen LogP contribution >= 0.6 is 0 Å². The van der Waals surface area contributed by atoms with Gasteiger partial charge >= 0.3 is 0 Å². The van der Waals surface area contributed by atoms with Crippen molar-refractivity contribution in [3.8, 4) is 0 Å². The highest BCUT2D eigenvalue weighted by molar-refractivity contribution is 5.78. The van der Waals surface area contributed by atoms with Crippen molar-refractivity contribution in [1.82, 2.24) is 15.5 Å². The minimum atomic E-state index is 0.129. The molecule has 4 nitrogen and oxygen atoms in total. The number of amides is 1. The molecule has 0 radical (unpaired) electrons. The molecule has 1 fully saturated rings. The monoisotopic (exact) mass is 261 g/mol. The maximum atomic E-state index is 11.9. The van der Waals surface area contributed by atoms with E-state index in [1.54, 1.807) is 0 Å². The molecule has 0 unspecified atom stereocenters. The van der Waals surface area contributed by atoms with Gasteiger partial charge in [0.05, 0.1) is 6.54 Å². The van der Waals surface area contributed by atoms with E-state index in [0.29, 0.717) is 19.1 Å². The number of benzene rings is 1. The molecule has 0 saturated carbocycles. The lowest BCUT2D eigenvalue weighted by atomic mass is 10.1. The van der Waals surface area contributed by atoms with E-state index in [2.05, 4.69) is 34.6 Å². The summed E-state index contributed by atoms with van der Waals surface area (Å²) >= 11 is 0. The summed E-state index contributed by atoms with van der Waals surface area (Å²) in [5, 5.41) is 6.33. The Labute approximate surface area is 115 Å². The van der Waals surface area contributed by atoms with Crippen LogP contribution in [-0.4, -0.2) is 49.6 Å². The van der Waals surface area contributed by atoms with Crippen LogP contribution in [0.3, 0.4) is 0 Å². The summed E-state index contributed by atoms with van der Waals surface area (Å²) in [4.78, 5) is 14.1. The number of hydrogen-bond donors (Lipinski definition) is 2. The largest absolute Gasteiger partial charge is 0.355 e. The molecule has 0 bridgehead atoms. The topological polar surface area (TPSA) is 44.4 Å². The second-order valence-corrected chi connectivity index (χ2v) is 5.11. The summed E-state index contributed by atoms with van der Waals surface area (Å²) in [6.45, 7) is 6.27. The zero-order chi connectivity index (χ0) is 13.5. The molecule has 1 amide bonds. The van der Waals surface area contributed by atoms with Crippen molar-refractivity contribution in [2.45, 2.75) is 19.4 Å². The molecule has 104 valence electrons. The zero-order valence-corrected chi connectivity index (χ0v) is 11.6. The molecular formula is C15H23N3O. The average Bonchev–Trinajstić information content (AvgIpc) is 2.43. The van der Waals surface area contributed by atoms with Crippen molar-refractivity contribution in [2.24, 2.45) is 0 Å². The lowest BCUT2D eigenvalue weighted by Gasteiger charge is -2.33. The van der Waals surface area contributed by atoms with Gasteiger partial charge in [-0.25, -0.2) is 0 Å². The summed E-state index contributed by atoms with van der Waals surface area (Å²) in [5.74, 6) is 0.129. The Hall–Kier alpha value is -1.39. The van der Waals surface area contributed by atoms with Crippen molar-refractivity contribution in [3.63, 3.8) is 0 Å². The van der Waals surface area contributed by atoms with Crippen molar-refractivity contribution in [1.29, 1.82) is 0 Å². The molecule has 19 heavy (non-hydrogen) atoms. The van der Waals surface area contributed by atoms with Gasteiger partial charge in [-0.1, -0.05) is 30.3 Å². The Kier molecular flexibility index (Phi) is 5.36. The fraction of sp³-hybridized carbons (Fsp3) is 0.533. The van der Waals surface area contributed by atoms with Crippen LogP contribution in [0.4, 0.5) is 0 Å². The molecule has 2 N–H and O–H groups in total. The first-order valence-electron chi connectivity index (χ1n) is 7.01. The van der Waals surface area contributed by atoms with E-state index in [-0.39, 0.29) is 5.91 Å². The Morgan fingerprint density at radius 1 is 1.42 bits per heavy atom. The van der Waals surface area contributed by atoms with Gasteiger partial charge in [-0.15, -0.1) is 0 Å². The summed E-state index contributed by atoms with van der Waals surface area (Å²) in [7, 11) is 0. The average molecular weight is 261 g/mol. The van der Waals surface area contributed by atoms with Gasteiger partial charge in [0, 0.05) is 32.2 Å². The first-order chi connectivity index (χ1) is 9.25. The fourth-order valence-corrected chi connectivity index (χ4v) is 2.35. The van der Waals surface area contributed by atoms with Gasteiger partial charge in [-0.05, 0) is 18.9 Å². The van der Waals surface area contributed by atoms with E-state index >= 15 is 0 Å². The van der Waals surface area contributed by atoms with Crippen molar-refractivity contribution < 1.29 is 4.79 Å². The first kappa shape index (κ1) is 14.0. The molecule has 1 aromatic rings. The second-order valence-electron chi connectivity index (χ2n) is 5.11. The third-order valence-electron chi connectivity index (χ3n) is 3.56. The van der Waals surface area contributed by atoms with Crippen LogP contribution in [0.15, 0.2) is 30.3 Å². The molecule has 1 saturated heterocycles. The van der Waals surface area contributed by atoms with E-state index in [1.807, 2.05) is 18.2 Å². The molecule has 0 aliphatic carbocycles. The first-order valence-corrected chi connectivity index (χ1v) is 7.01. The minimum absolute atomic E-state index is 0.129. The quantitative estimate of drug-likeness (QED) is 0.817. The van der Waals surface area contributed by atoms with Crippen LogP contribution in [0.5, 0.6) is 0 Å². The highest BCUT2D eigenvalue weighted by Gasteiger charge is 2.19. The number of piperazine rings is 1. The Bertz CT molecular complexity index is 394. The maximum Gasteiger partial charge on any atom is 0.234 e. The van der Waals surface area contributed by atoms with Gasteiger partial charge in [-0.3, -0.25) is 9.69 Å². The summed E-state index contributed by atoms with van der Waals surface area (Å²) in [6.07, 6.45) is 0.893. The second kappa shape index (κ2) is 7.26. The third-order valence-corrected chi connectivity index (χ3v) is 3.56. The molecule has 1 heterocycles. The highest BCUT2D eigenvalue weighted by atomic mass is 16.2. The number of nitrogens with one attached hydrogen (secondary N) is 2. The summed E-state index contributed by atoms with van der Waals surface area (Å²) in [5.41, 5.74) is 1.26. The van der Waals surface area contributed by atoms with E-state index in [4.69, 9.17) is 0 Å². The van der Waals surface area contributed by atoms with Crippen LogP contribution in [0.2, 0.25) is 0 Å². The Morgan fingerprint density at radius 2 is 2.21 bits per heavy atom. The van der Waals surface area contributed by atoms with Gasteiger partial charge < -0.3 is 10.6 Å². The molecule has 1 aromatic carbocycles. The molecule has 1 atom stereocenters. The number of nitrogens with zero attached hydrogens (tertiary/aromatic N) is 1. The highest BCUT2D eigenvalue weighted by Crippen LogP contribution is 2.01. The van der Waals surface area contributed by atoms with Gasteiger partial charge in [-0.2, -0.15) is 0 Å². The predicted octanol–water partition coefficient (Wildman–Crippen LogP) is 0.639. The molecule has 1 aliphatic heterocycles. The van der Waals surface area contributed by atoms with Crippen LogP contribution in [0, 0.1) is 0 Å². The van der Waals surface area contributed by atoms with Gasteiger partial charge in [0.2, 0.25) is 5.91 Å². The molecule has 2 rings (SSSR count). The normalized spacial score (nSPS) is 20.2. The minimum Gasteiger partial charge on any atom is -0.355 e. The van der Waals surface area contributed by atoms with Gasteiger partial charge in [0.25, 0.3) is 0 Å². The summed E-state index contributed by atoms with van der Waals surface area (Å²) < 4.78 is 0. The SMILES string of the molecule is C[C@@H]1CNCCN1CC(=O)NCCc1ccccc1. The fourth-order valence-electron chi connectivity index (χ4n) is 2.35. The van der Waals surface area contributed by atoms with E-state index in [0.717, 1.165) is 26.1 Å². The number of carbonyl (C=O) groups excluding carboxylic acids is 1. The molecule has 0 spiro atoms. The van der Waals surface area contributed by atoms with E-state index < -0.39 is 0 Å². The molecule has 0 aromatic heterocycles. The molecular weight excluding hydrogens is 238 g/mol. The standard InChI is InChI=1S/C15H23N3O/c1-13-11-16-9-10-18(13)12-15(19)17-8-7-14-5-3-2-4-6-14/h2-6,13,16H,7-12H2,1H3,(H,17,19)/t13-/m1/s1. The van der Waals surface area contributed by atoms with Crippen molar-refractivity contribution >= 4 is 5.91 Å². The van der Waals surface area contributed by atoms with Crippen LogP contribution in [-0.2, 0) is 11.2 Å². The van der Waals surface area contributed by atoms with Crippen LogP contribution in [0.1, 0.15) is 12.5 Å². The third kappa shape index (κ3) is 4.65. The van der Waals surface area contributed by atoms with Crippen molar-refractivity contribution in [2.75, 3.05) is 32.7 Å². The Morgan fingerprint density at radius 3 is 2.95 bits per heavy atom. The number of rotatable bonds is 5. The van der Waals surface area contributed by atoms with Crippen LogP contribution in [0.25, 0.3) is 0 Å². The van der Waals surface area contributed by atoms with E-state index in [9.17, 15) is 4.79 Å². The number of hydrogen-bond acceptors (Lipinski definition) is 3. The number of carbonyl (C=O) groups is 1. The maximum absolute atomic E-state index is 11.9. The predicted molar refractivity (Wildman–Crippen MR) is 77.1 cm³/mol. The van der Waals surface area contributed by atoms with E-state index in [1.165, 1.54) is 5.56 Å². The molecule has 1 aliphatic rings. The Balaban J connectivity index is 1.67. The van der Waals surface area contributed by atoms with Crippen LogP contribution < -0.4 is 10.6 Å². The lowest BCUT2D eigenvalue weighted by Crippen LogP contribution is -2.52.